The summed E-state index contributed by atoms with van der Waals surface area (Å²) in [6.45, 7) is 4.73. The number of amides is 2. The van der Waals surface area contributed by atoms with Crippen LogP contribution in [0.4, 0.5) is 5.69 Å². The lowest BCUT2D eigenvalue weighted by Gasteiger charge is -2.23. The largest absolute Gasteiger partial charge is 0.485 e. The summed E-state index contributed by atoms with van der Waals surface area (Å²) in [7, 11) is 0. The summed E-state index contributed by atoms with van der Waals surface area (Å²) in [5.74, 6) is 1.08. The van der Waals surface area contributed by atoms with Crippen LogP contribution in [-0.2, 0) is 20.9 Å². The van der Waals surface area contributed by atoms with Gasteiger partial charge in [-0.3, -0.25) is 9.59 Å². The number of anilines is 1. The molecule has 2 amide bonds. The molecule has 0 radical (unpaired) electrons. The van der Waals surface area contributed by atoms with Crippen LogP contribution in [0.2, 0.25) is 0 Å². The van der Waals surface area contributed by atoms with Crippen LogP contribution in [0.3, 0.4) is 0 Å². The molecule has 1 aromatic carbocycles. The third-order valence-electron chi connectivity index (χ3n) is 4.40. The van der Waals surface area contributed by atoms with Crippen LogP contribution < -0.4 is 15.4 Å². The first-order valence-corrected chi connectivity index (χ1v) is 9.22. The van der Waals surface area contributed by atoms with Crippen molar-refractivity contribution in [2.75, 3.05) is 18.5 Å². The Morgan fingerprint density at radius 2 is 1.96 bits per heavy atom. The summed E-state index contributed by atoms with van der Waals surface area (Å²) >= 11 is 0. The summed E-state index contributed by atoms with van der Waals surface area (Å²) in [5.41, 5.74) is 0.611. The third kappa shape index (κ3) is 5.53. The maximum atomic E-state index is 12.3. The molecule has 0 saturated carbocycles. The Bertz CT molecular complexity index is 799. The molecule has 150 valence electrons. The van der Waals surface area contributed by atoms with Crippen molar-refractivity contribution in [1.29, 1.82) is 0 Å². The zero-order valence-corrected chi connectivity index (χ0v) is 15.9. The summed E-state index contributed by atoms with van der Waals surface area (Å²) in [6.07, 6.45) is 1.37. The highest BCUT2D eigenvalue weighted by Crippen LogP contribution is 2.17. The smallest absolute Gasteiger partial charge is 0.246 e. The van der Waals surface area contributed by atoms with Gasteiger partial charge in [0.25, 0.3) is 0 Å². The molecule has 1 fully saturated rings. The molecule has 0 aliphatic carbocycles. The van der Waals surface area contributed by atoms with Crippen molar-refractivity contribution >= 4 is 17.5 Å². The van der Waals surface area contributed by atoms with Crippen LogP contribution in [0.25, 0.3) is 0 Å². The monoisotopic (exact) mass is 388 g/mol. The lowest BCUT2D eigenvalue weighted by molar-refractivity contribution is -0.131. The predicted molar refractivity (Wildman–Crippen MR) is 99.6 cm³/mol. The Morgan fingerprint density at radius 1 is 1.25 bits per heavy atom. The van der Waals surface area contributed by atoms with Crippen LogP contribution >= 0.6 is 0 Å². The number of nitrogens with one attached hydrogen (secondary N) is 2. The second kappa shape index (κ2) is 9.32. The SMILES string of the molecule is Cc1nc(COc2ccc(NC(=O)C(C)NC(=O)C3CCOCC3)cc2)no1. The van der Waals surface area contributed by atoms with Gasteiger partial charge in [-0.25, -0.2) is 0 Å². The van der Waals surface area contributed by atoms with Gasteiger partial charge < -0.3 is 24.6 Å². The lowest BCUT2D eigenvalue weighted by atomic mass is 9.99. The molecule has 0 bridgehead atoms. The molecule has 1 aromatic heterocycles. The summed E-state index contributed by atoms with van der Waals surface area (Å²) < 4.78 is 15.7. The van der Waals surface area contributed by atoms with Crippen LogP contribution in [0, 0.1) is 12.8 Å². The van der Waals surface area contributed by atoms with Crippen molar-refractivity contribution in [2.24, 2.45) is 5.92 Å². The number of hydrogen-bond donors (Lipinski definition) is 2. The predicted octanol–water partition coefficient (Wildman–Crippen LogP) is 1.83. The van der Waals surface area contributed by atoms with E-state index in [0.717, 1.165) is 0 Å². The van der Waals surface area contributed by atoms with Gasteiger partial charge in [-0.15, -0.1) is 0 Å². The zero-order chi connectivity index (χ0) is 19.9. The van der Waals surface area contributed by atoms with E-state index in [-0.39, 0.29) is 24.3 Å². The minimum absolute atomic E-state index is 0.0940. The minimum Gasteiger partial charge on any atom is -0.485 e. The maximum Gasteiger partial charge on any atom is 0.246 e. The van der Waals surface area contributed by atoms with Crippen molar-refractivity contribution in [2.45, 2.75) is 39.3 Å². The van der Waals surface area contributed by atoms with Crippen molar-refractivity contribution in [1.82, 2.24) is 15.5 Å². The average Bonchev–Trinajstić information content (AvgIpc) is 3.13. The Hall–Kier alpha value is -2.94. The van der Waals surface area contributed by atoms with E-state index in [1.807, 2.05) is 0 Å². The van der Waals surface area contributed by atoms with E-state index in [0.29, 0.717) is 49.2 Å². The molecule has 1 saturated heterocycles. The van der Waals surface area contributed by atoms with Gasteiger partial charge in [0.15, 0.2) is 6.61 Å². The number of nitrogens with zero attached hydrogens (tertiary/aromatic N) is 2. The fourth-order valence-corrected chi connectivity index (χ4v) is 2.79. The second-order valence-corrected chi connectivity index (χ2v) is 6.65. The average molecular weight is 388 g/mol. The number of hydrogen-bond acceptors (Lipinski definition) is 7. The molecule has 1 unspecified atom stereocenters. The number of aromatic nitrogens is 2. The van der Waals surface area contributed by atoms with Gasteiger partial charge in [0.2, 0.25) is 23.5 Å². The number of carbonyl (C=O) groups excluding carboxylic acids is 2. The number of benzene rings is 1. The fraction of sp³-hybridized carbons (Fsp3) is 0.474. The van der Waals surface area contributed by atoms with Crippen LogP contribution in [0.15, 0.2) is 28.8 Å². The standard InChI is InChI=1S/C19H24N4O5/c1-12(20-19(25)14-7-9-26-10-8-14)18(24)22-15-3-5-16(6-4-15)27-11-17-21-13(2)28-23-17/h3-6,12,14H,7-11H2,1-2H3,(H,20,25)(H,22,24). The first kappa shape index (κ1) is 19.8. The van der Waals surface area contributed by atoms with E-state index >= 15 is 0 Å². The molecular weight excluding hydrogens is 364 g/mol. The molecule has 9 nitrogen and oxygen atoms in total. The minimum atomic E-state index is -0.632. The number of ether oxygens (including phenoxy) is 2. The van der Waals surface area contributed by atoms with E-state index in [1.54, 1.807) is 38.1 Å². The molecule has 0 spiro atoms. The van der Waals surface area contributed by atoms with Gasteiger partial charge in [-0.1, -0.05) is 5.16 Å². The molecule has 2 heterocycles. The van der Waals surface area contributed by atoms with Crippen molar-refractivity contribution in [3.05, 3.63) is 36.0 Å². The van der Waals surface area contributed by atoms with Crippen molar-refractivity contribution < 1.29 is 23.6 Å². The van der Waals surface area contributed by atoms with Gasteiger partial charge >= 0.3 is 0 Å². The first-order chi connectivity index (χ1) is 13.5. The third-order valence-corrected chi connectivity index (χ3v) is 4.40. The highest BCUT2D eigenvalue weighted by Gasteiger charge is 2.24. The number of carbonyl (C=O) groups is 2. The topological polar surface area (TPSA) is 116 Å². The molecule has 1 aliphatic rings. The van der Waals surface area contributed by atoms with E-state index in [4.69, 9.17) is 14.0 Å². The van der Waals surface area contributed by atoms with E-state index < -0.39 is 6.04 Å². The summed E-state index contributed by atoms with van der Waals surface area (Å²) in [4.78, 5) is 28.6. The Labute approximate surface area is 162 Å². The highest BCUT2D eigenvalue weighted by molar-refractivity contribution is 5.97. The van der Waals surface area contributed by atoms with Crippen molar-refractivity contribution in [3.63, 3.8) is 0 Å². The van der Waals surface area contributed by atoms with E-state index in [1.165, 1.54) is 0 Å². The number of aryl methyl sites for hydroxylation is 1. The molecule has 28 heavy (non-hydrogen) atoms. The van der Waals surface area contributed by atoms with Gasteiger partial charge in [-0.2, -0.15) is 4.98 Å². The Morgan fingerprint density at radius 3 is 2.61 bits per heavy atom. The van der Waals surface area contributed by atoms with Gasteiger partial charge in [-0.05, 0) is 44.0 Å². The zero-order valence-electron chi connectivity index (χ0n) is 15.9. The van der Waals surface area contributed by atoms with E-state index in [2.05, 4.69) is 20.8 Å². The Balaban J connectivity index is 1.45. The lowest BCUT2D eigenvalue weighted by Crippen LogP contribution is -2.45. The Kier molecular flexibility index (Phi) is 6.59. The highest BCUT2D eigenvalue weighted by atomic mass is 16.5. The number of rotatable bonds is 7. The van der Waals surface area contributed by atoms with Crippen LogP contribution in [0.5, 0.6) is 5.75 Å². The van der Waals surface area contributed by atoms with Gasteiger partial charge in [0.05, 0.1) is 0 Å². The summed E-state index contributed by atoms with van der Waals surface area (Å²) in [6, 6.07) is 6.28. The molecule has 1 atom stereocenters. The first-order valence-electron chi connectivity index (χ1n) is 9.22. The molecule has 3 rings (SSSR count). The summed E-state index contributed by atoms with van der Waals surface area (Å²) in [5, 5.41) is 9.30. The molecule has 2 N–H and O–H groups in total. The van der Waals surface area contributed by atoms with Gasteiger partial charge in [0.1, 0.15) is 11.8 Å². The van der Waals surface area contributed by atoms with Gasteiger partial charge in [0, 0.05) is 31.7 Å². The van der Waals surface area contributed by atoms with E-state index in [9.17, 15) is 9.59 Å². The second-order valence-electron chi connectivity index (χ2n) is 6.65. The molecule has 1 aliphatic heterocycles. The quantitative estimate of drug-likeness (QED) is 0.743. The van der Waals surface area contributed by atoms with Crippen LogP contribution in [0.1, 0.15) is 31.5 Å². The van der Waals surface area contributed by atoms with Crippen molar-refractivity contribution in [3.8, 4) is 5.75 Å². The molecule has 9 heteroatoms. The van der Waals surface area contributed by atoms with Crippen LogP contribution in [-0.4, -0.2) is 41.2 Å². The normalized spacial score (nSPS) is 15.6. The molecule has 2 aromatic rings. The molecular formula is C19H24N4O5. The fourth-order valence-electron chi connectivity index (χ4n) is 2.79. The maximum absolute atomic E-state index is 12.3.